The van der Waals surface area contributed by atoms with E-state index >= 15 is 0 Å². The molecule has 1 N–H and O–H groups in total. The maximum absolute atomic E-state index is 12.0. The van der Waals surface area contributed by atoms with Crippen LogP contribution in [0.5, 0.6) is 5.88 Å². The summed E-state index contributed by atoms with van der Waals surface area (Å²) in [6.45, 7) is 1.23. The Bertz CT molecular complexity index is 529. The van der Waals surface area contributed by atoms with Gasteiger partial charge in [-0.2, -0.15) is 0 Å². The Morgan fingerprint density at radius 3 is 2.58 bits per heavy atom. The molecule has 1 rings (SSSR count). The normalized spacial score (nSPS) is 11.2. The minimum absolute atomic E-state index is 0.0247. The number of nitro groups is 1. The van der Waals surface area contributed by atoms with Crippen LogP contribution in [-0.4, -0.2) is 27.3 Å². The van der Waals surface area contributed by atoms with Crippen molar-refractivity contribution in [2.45, 2.75) is 19.7 Å². The molecule has 0 saturated carbocycles. The number of hydrogen-bond acceptors (Lipinski definition) is 5. The van der Waals surface area contributed by atoms with Gasteiger partial charge in [0, 0.05) is 11.1 Å². The van der Waals surface area contributed by atoms with E-state index in [4.69, 9.17) is 5.11 Å². The van der Waals surface area contributed by atoms with E-state index < -0.39 is 35.4 Å². The van der Waals surface area contributed by atoms with Gasteiger partial charge >= 0.3 is 24.0 Å². The van der Waals surface area contributed by atoms with Gasteiger partial charge in [-0.1, -0.05) is 0 Å². The number of alkyl halides is 3. The number of aryl methyl sites for hydroxylation is 1. The summed E-state index contributed by atoms with van der Waals surface area (Å²) in [5.41, 5.74) is -0.296. The second kappa shape index (κ2) is 5.08. The monoisotopic (exact) mass is 280 g/mol. The quantitative estimate of drug-likeness (QED) is 0.666. The first kappa shape index (κ1) is 14.7. The molecule has 1 heterocycles. The van der Waals surface area contributed by atoms with Crippen LogP contribution in [0, 0.1) is 17.0 Å². The van der Waals surface area contributed by atoms with E-state index in [1.807, 2.05) is 0 Å². The third-order valence-corrected chi connectivity index (χ3v) is 2.02. The fourth-order valence-corrected chi connectivity index (χ4v) is 1.34. The van der Waals surface area contributed by atoms with E-state index in [9.17, 15) is 28.1 Å². The van der Waals surface area contributed by atoms with Crippen molar-refractivity contribution in [1.29, 1.82) is 0 Å². The van der Waals surface area contributed by atoms with Gasteiger partial charge in [0.15, 0.2) is 0 Å². The molecule has 0 aliphatic rings. The van der Waals surface area contributed by atoms with Crippen LogP contribution in [0.3, 0.4) is 0 Å². The van der Waals surface area contributed by atoms with Crippen LogP contribution in [0.4, 0.5) is 19.0 Å². The molecule has 0 spiro atoms. The first-order valence-electron chi connectivity index (χ1n) is 4.72. The molecule has 0 atom stereocenters. The molecule has 1 aromatic heterocycles. The Hall–Kier alpha value is -2.39. The minimum Gasteiger partial charge on any atom is -0.481 e. The van der Waals surface area contributed by atoms with E-state index in [0.29, 0.717) is 0 Å². The first-order chi connectivity index (χ1) is 8.60. The van der Waals surface area contributed by atoms with Gasteiger partial charge in [-0.3, -0.25) is 4.79 Å². The van der Waals surface area contributed by atoms with E-state index in [1.165, 1.54) is 6.92 Å². The standard InChI is InChI=1S/C9H7F3N2O5/c1-4-2-6(19-9(10,11)12)13-8(14(17)18)5(4)3-7(15)16/h2H,3H2,1H3,(H,15,16). The molecule has 0 amide bonds. The molecule has 1 aromatic rings. The molecule has 0 aliphatic heterocycles. The Labute approximate surface area is 103 Å². The summed E-state index contributed by atoms with van der Waals surface area (Å²) in [6, 6.07) is 0.790. The summed E-state index contributed by atoms with van der Waals surface area (Å²) in [5, 5.41) is 19.3. The molecule has 0 aromatic carbocycles. The highest BCUT2D eigenvalue weighted by molar-refractivity contribution is 5.72. The topological polar surface area (TPSA) is 103 Å². The van der Waals surface area contributed by atoms with E-state index in [-0.39, 0.29) is 11.1 Å². The van der Waals surface area contributed by atoms with Crippen molar-refractivity contribution >= 4 is 11.8 Å². The summed E-state index contributed by atoms with van der Waals surface area (Å²) < 4.78 is 39.4. The smallest absolute Gasteiger partial charge is 0.481 e. The van der Waals surface area contributed by atoms with Crippen molar-refractivity contribution < 1.29 is 32.7 Å². The predicted octanol–water partition coefficient (Wildman–Crippen LogP) is 1.82. The van der Waals surface area contributed by atoms with Crippen molar-refractivity contribution in [1.82, 2.24) is 4.98 Å². The zero-order chi connectivity index (χ0) is 14.8. The molecule has 10 heteroatoms. The number of aliphatic carboxylic acids is 1. The lowest BCUT2D eigenvalue weighted by atomic mass is 10.1. The maximum Gasteiger partial charge on any atom is 0.575 e. The van der Waals surface area contributed by atoms with E-state index in [0.717, 1.165) is 6.07 Å². The van der Waals surface area contributed by atoms with Gasteiger partial charge in [-0.15, -0.1) is 13.2 Å². The highest BCUT2D eigenvalue weighted by atomic mass is 19.4. The van der Waals surface area contributed by atoms with Gasteiger partial charge < -0.3 is 20.0 Å². The fraction of sp³-hybridized carbons (Fsp3) is 0.333. The minimum atomic E-state index is -5.04. The molecule has 0 radical (unpaired) electrons. The van der Waals surface area contributed by atoms with Crippen molar-refractivity contribution in [2.24, 2.45) is 0 Å². The van der Waals surface area contributed by atoms with Crippen LogP contribution < -0.4 is 4.74 Å². The van der Waals surface area contributed by atoms with Gasteiger partial charge in [0.25, 0.3) is 0 Å². The Kier molecular flexibility index (Phi) is 3.92. The van der Waals surface area contributed by atoms with Gasteiger partial charge in [0.05, 0.1) is 12.0 Å². The molecule has 0 unspecified atom stereocenters. The van der Waals surface area contributed by atoms with Crippen LogP contribution in [0.15, 0.2) is 6.07 Å². The summed E-state index contributed by atoms with van der Waals surface area (Å²) in [4.78, 5) is 23.2. The third-order valence-electron chi connectivity index (χ3n) is 2.02. The van der Waals surface area contributed by atoms with Gasteiger partial charge in [0.1, 0.15) is 0 Å². The Morgan fingerprint density at radius 1 is 1.58 bits per heavy atom. The number of aromatic nitrogens is 1. The van der Waals surface area contributed by atoms with Crippen LogP contribution in [0.2, 0.25) is 0 Å². The average molecular weight is 280 g/mol. The molecule has 19 heavy (non-hydrogen) atoms. The van der Waals surface area contributed by atoms with Gasteiger partial charge in [-0.25, -0.2) is 0 Å². The number of rotatable bonds is 4. The van der Waals surface area contributed by atoms with E-state index in [2.05, 4.69) is 9.72 Å². The lowest BCUT2D eigenvalue weighted by Crippen LogP contribution is -2.19. The molecule has 7 nitrogen and oxygen atoms in total. The molecule has 0 aliphatic carbocycles. The zero-order valence-electron chi connectivity index (χ0n) is 9.39. The molecule has 0 bridgehead atoms. The highest BCUT2D eigenvalue weighted by Gasteiger charge is 2.35. The molecular formula is C9H7F3N2O5. The number of ether oxygens (including phenoxy) is 1. The third kappa shape index (κ3) is 4.08. The summed E-state index contributed by atoms with van der Waals surface area (Å²) in [7, 11) is 0. The lowest BCUT2D eigenvalue weighted by Gasteiger charge is -2.08. The fourth-order valence-electron chi connectivity index (χ4n) is 1.34. The second-order valence-corrected chi connectivity index (χ2v) is 3.45. The van der Waals surface area contributed by atoms with Crippen molar-refractivity contribution in [3.63, 3.8) is 0 Å². The van der Waals surface area contributed by atoms with Crippen molar-refractivity contribution in [2.75, 3.05) is 0 Å². The van der Waals surface area contributed by atoms with Gasteiger partial charge in [0.2, 0.25) is 0 Å². The SMILES string of the molecule is Cc1cc(OC(F)(F)F)nc([N+](=O)[O-])c1CC(=O)O. The Balaban J connectivity index is 3.29. The predicted molar refractivity (Wildman–Crippen MR) is 53.7 cm³/mol. The van der Waals surface area contributed by atoms with Crippen LogP contribution in [0.25, 0.3) is 0 Å². The van der Waals surface area contributed by atoms with Crippen LogP contribution >= 0.6 is 0 Å². The summed E-state index contributed by atoms with van der Waals surface area (Å²) in [5.74, 6) is -3.34. The number of carboxylic acids is 1. The van der Waals surface area contributed by atoms with Crippen LogP contribution in [0.1, 0.15) is 11.1 Å². The number of carbonyl (C=O) groups is 1. The molecule has 0 fully saturated rings. The van der Waals surface area contributed by atoms with Gasteiger partial charge in [-0.05, 0) is 17.4 Å². The Morgan fingerprint density at radius 2 is 2.16 bits per heavy atom. The molecular weight excluding hydrogens is 273 g/mol. The number of hydrogen-bond donors (Lipinski definition) is 1. The second-order valence-electron chi connectivity index (χ2n) is 3.45. The highest BCUT2D eigenvalue weighted by Crippen LogP contribution is 2.28. The van der Waals surface area contributed by atoms with Crippen molar-refractivity contribution in [3.8, 4) is 5.88 Å². The largest absolute Gasteiger partial charge is 0.575 e. The maximum atomic E-state index is 12.0. The number of nitrogens with zero attached hydrogens (tertiary/aromatic N) is 2. The first-order valence-corrected chi connectivity index (χ1v) is 4.72. The van der Waals surface area contributed by atoms with E-state index in [1.54, 1.807) is 0 Å². The molecule has 0 saturated heterocycles. The average Bonchev–Trinajstić information content (AvgIpc) is 2.18. The number of pyridine rings is 1. The lowest BCUT2D eigenvalue weighted by molar-refractivity contribution is -0.390. The summed E-state index contributed by atoms with van der Waals surface area (Å²) >= 11 is 0. The summed E-state index contributed by atoms with van der Waals surface area (Å²) in [6.07, 6.45) is -5.76. The number of halogens is 3. The van der Waals surface area contributed by atoms with Crippen LogP contribution in [-0.2, 0) is 11.2 Å². The zero-order valence-corrected chi connectivity index (χ0v) is 9.39. The number of carboxylic acid groups (broad SMARTS) is 1. The van der Waals surface area contributed by atoms with Crippen molar-refractivity contribution in [3.05, 3.63) is 27.3 Å². The molecule has 104 valence electrons.